The number of ether oxygens (including phenoxy) is 1. The van der Waals surface area contributed by atoms with E-state index in [1.165, 1.54) is 7.11 Å². The Kier molecular flexibility index (Phi) is 6.45. The molecule has 0 bridgehead atoms. The first-order chi connectivity index (χ1) is 9.43. The molecule has 0 spiro atoms. The van der Waals surface area contributed by atoms with Crippen molar-refractivity contribution in [3.05, 3.63) is 46.0 Å². The standard InChI is InChI=1S/C15H18BrNO3/c1-10(2)7-8-13(15(19)20-3)17-14(18)11-5-4-6-12(16)9-11/h4-7,9,13H,8H2,1-3H3,(H,17,18)/t13-/m0/s1. The minimum atomic E-state index is -0.679. The van der Waals surface area contributed by atoms with Crippen molar-refractivity contribution >= 4 is 27.8 Å². The number of benzene rings is 1. The summed E-state index contributed by atoms with van der Waals surface area (Å²) < 4.78 is 5.52. The molecule has 4 nitrogen and oxygen atoms in total. The normalized spacial score (nSPS) is 11.4. The van der Waals surface area contributed by atoms with Crippen LogP contribution < -0.4 is 5.32 Å². The molecule has 0 aliphatic carbocycles. The van der Waals surface area contributed by atoms with E-state index >= 15 is 0 Å². The second-order valence-corrected chi connectivity index (χ2v) is 5.49. The van der Waals surface area contributed by atoms with Crippen LogP contribution in [0.4, 0.5) is 0 Å². The number of esters is 1. The topological polar surface area (TPSA) is 55.4 Å². The Hall–Kier alpha value is -1.62. The van der Waals surface area contributed by atoms with Crippen LogP contribution in [0.2, 0.25) is 0 Å². The van der Waals surface area contributed by atoms with Crippen molar-refractivity contribution in [1.82, 2.24) is 5.32 Å². The highest BCUT2D eigenvalue weighted by Gasteiger charge is 2.21. The highest BCUT2D eigenvalue weighted by molar-refractivity contribution is 9.10. The molecule has 0 saturated carbocycles. The van der Waals surface area contributed by atoms with Crippen LogP contribution >= 0.6 is 15.9 Å². The minimum absolute atomic E-state index is 0.302. The summed E-state index contributed by atoms with van der Waals surface area (Å²) >= 11 is 3.31. The number of carbonyl (C=O) groups is 2. The van der Waals surface area contributed by atoms with E-state index in [0.717, 1.165) is 10.0 Å². The van der Waals surface area contributed by atoms with Crippen LogP contribution in [0, 0.1) is 0 Å². The molecule has 0 radical (unpaired) electrons. The van der Waals surface area contributed by atoms with Gasteiger partial charge in [0.15, 0.2) is 0 Å². The van der Waals surface area contributed by atoms with Crippen LogP contribution in [-0.2, 0) is 9.53 Å². The SMILES string of the molecule is COC(=O)[C@H](CC=C(C)C)NC(=O)c1cccc(Br)c1. The maximum Gasteiger partial charge on any atom is 0.328 e. The third kappa shape index (κ3) is 5.17. The van der Waals surface area contributed by atoms with Crippen molar-refractivity contribution < 1.29 is 14.3 Å². The fourth-order valence-electron chi connectivity index (χ4n) is 1.58. The summed E-state index contributed by atoms with van der Waals surface area (Å²) in [5.74, 6) is -0.755. The van der Waals surface area contributed by atoms with E-state index in [2.05, 4.69) is 21.2 Å². The van der Waals surface area contributed by atoms with Gasteiger partial charge in [0, 0.05) is 10.0 Å². The Morgan fingerprint density at radius 1 is 1.40 bits per heavy atom. The van der Waals surface area contributed by atoms with E-state index in [-0.39, 0.29) is 5.91 Å². The van der Waals surface area contributed by atoms with Gasteiger partial charge >= 0.3 is 5.97 Å². The van der Waals surface area contributed by atoms with Gasteiger partial charge in [-0.2, -0.15) is 0 Å². The van der Waals surface area contributed by atoms with Crippen LogP contribution in [0.1, 0.15) is 30.6 Å². The minimum Gasteiger partial charge on any atom is -0.467 e. The van der Waals surface area contributed by atoms with Gasteiger partial charge in [0.25, 0.3) is 5.91 Å². The van der Waals surface area contributed by atoms with Gasteiger partial charge in [-0.05, 0) is 38.5 Å². The van der Waals surface area contributed by atoms with Crippen LogP contribution in [0.3, 0.4) is 0 Å². The lowest BCUT2D eigenvalue weighted by Crippen LogP contribution is -2.41. The van der Waals surface area contributed by atoms with Crippen LogP contribution in [0.25, 0.3) is 0 Å². The van der Waals surface area contributed by atoms with Gasteiger partial charge < -0.3 is 10.1 Å². The van der Waals surface area contributed by atoms with Crippen LogP contribution in [0.5, 0.6) is 0 Å². The fraction of sp³-hybridized carbons (Fsp3) is 0.333. The lowest BCUT2D eigenvalue weighted by Gasteiger charge is -2.15. The number of hydrogen-bond acceptors (Lipinski definition) is 3. The van der Waals surface area contributed by atoms with Crippen molar-refractivity contribution in [2.75, 3.05) is 7.11 Å². The Morgan fingerprint density at radius 3 is 2.65 bits per heavy atom. The number of rotatable bonds is 5. The zero-order chi connectivity index (χ0) is 15.1. The average Bonchev–Trinajstić information content (AvgIpc) is 2.42. The molecule has 1 aromatic rings. The van der Waals surface area contributed by atoms with Crippen molar-refractivity contribution in [2.24, 2.45) is 0 Å². The first kappa shape index (κ1) is 16.4. The number of amides is 1. The van der Waals surface area contributed by atoms with Crippen molar-refractivity contribution in [2.45, 2.75) is 26.3 Å². The summed E-state index contributed by atoms with van der Waals surface area (Å²) in [6, 6.07) is 6.31. The van der Waals surface area contributed by atoms with Gasteiger partial charge in [0.1, 0.15) is 6.04 Å². The number of nitrogens with one attached hydrogen (secondary N) is 1. The number of methoxy groups -OCH3 is 1. The molecule has 0 heterocycles. The Labute approximate surface area is 127 Å². The molecular formula is C15H18BrNO3. The summed E-state index contributed by atoms with van der Waals surface area (Å²) in [7, 11) is 1.31. The van der Waals surface area contributed by atoms with Gasteiger partial charge in [0.05, 0.1) is 7.11 Å². The number of allylic oxidation sites excluding steroid dienone is 1. The predicted octanol–water partition coefficient (Wildman–Crippen LogP) is 3.08. The molecule has 0 unspecified atom stereocenters. The maximum absolute atomic E-state index is 12.1. The molecule has 1 atom stereocenters. The first-order valence-electron chi connectivity index (χ1n) is 6.21. The molecule has 20 heavy (non-hydrogen) atoms. The first-order valence-corrected chi connectivity index (χ1v) is 7.01. The molecule has 1 N–H and O–H groups in total. The number of hydrogen-bond donors (Lipinski definition) is 1. The van der Waals surface area contributed by atoms with Gasteiger partial charge in [-0.25, -0.2) is 4.79 Å². The molecule has 0 saturated heterocycles. The second-order valence-electron chi connectivity index (χ2n) is 4.58. The molecule has 1 amide bonds. The monoisotopic (exact) mass is 339 g/mol. The molecule has 0 aromatic heterocycles. The molecule has 1 rings (SSSR count). The third-order valence-corrected chi connectivity index (χ3v) is 3.13. The Morgan fingerprint density at radius 2 is 2.10 bits per heavy atom. The molecule has 0 fully saturated rings. The van der Waals surface area contributed by atoms with E-state index in [4.69, 9.17) is 4.74 Å². The summed E-state index contributed by atoms with van der Waals surface area (Å²) in [6.45, 7) is 3.87. The van der Waals surface area contributed by atoms with Gasteiger partial charge in [-0.15, -0.1) is 0 Å². The van der Waals surface area contributed by atoms with E-state index < -0.39 is 12.0 Å². The smallest absolute Gasteiger partial charge is 0.328 e. The van der Waals surface area contributed by atoms with Gasteiger partial charge in [-0.3, -0.25) is 4.79 Å². The fourth-order valence-corrected chi connectivity index (χ4v) is 1.98. The van der Waals surface area contributed by atoms with E-state index in [9.17, 15) is 9.59 Å². The Bertz CT molecular complexity index is 522. The highest BCUT2D eigenvalue weighted by atomic mass is 79.9. The van der Waals surface area contributed by atoms with Crippen molar-refractivity contribution in [1.29, 1.82) is 0 Å². The molecule has 0 aliphatic rings. The largest absolute Gasteiger partial charge is 0.467 e. The zero-order valence-electron chi connectivity index (χ0n) is 11.8. The van der Waals surface area contributed by atoms with Crippen molar-refractivity contribution in [3.8, 4) is 0 Å². The third-order valence-electron chi connectivity index (χ3n) is 2.64. The number of halogens is 1. The van der Waals surface area contributed by atoms with Crippen molar-refractivity contribution in [3.63, 3.8) is 0 Å². The number of carbonyl (C=O) groups excluding carboxylic acids is 2. The molecule has 1 aromatic carbocycles. The molecule has 0 aliphatic heterocycles. The summed E-state index contributed by atoms with van der Waals surface area (Å²) in [4.78, 5) is 23.8. The summed E-state index contributed by atoms with van der Waals surface area (Å²) in [5.41, 5.74) is 1.57. The average molecular weight is 340 g/mol. The Balaban J connectivity index is 2.81. The quantitative estimate of drug-likeness (QED) is 0.662. The van der Waals surface area contributed by atoms with E-state index in [1.807, 2.05) is 26.0 Å². The van der Waals surface area contributed by atoms with E-state index in [0.29, 0.717) is 12.0 Å². The molecular weight excluding hydrogens is 322 g/mol. The highest BCUT2D eigenvalue weighted by Crippen LogP contribution is 2.12. The van der Waals surface area contributed by atoms with Crippen LogP contribution in [-0.4, -0.2) is 25.0 Å². The summed E-state index contributed by atoms with van der Waals surface area (Å²) in [6.07, 6.45) is 2.30. The predicted molar refractivity (Wildman–Crippen MR) is 81.5 cm³/mol. The molecule has 108 valence electrons. The van der Waals surface area contributed by atoms with Gasteiger partial charge in [0.2, 0.25) is 0 Å². The maximum atomic E-state index is 12.1. The zero-order valence-corrected chi connectivity index (χ0v) is 13.4. The molecule has 5 heteroatoms. The second kappa shape index (κ2) is 7.85. The lowest BCUT2D eigenvalue weighted by atomic mass is 10.1. The van der Waals surface area contributed by atoms with Gasteiger partial charge in [-0.1, -0.05) is 33.6 Å². The van der Waals surface area contributed by atoms with Crippen LogP contribution in [0.15, 0.2) is 40.4 Å². The van der Waals surface area contributed by atoms with E-state index in [1.54, 1.807) is 18.2 Å². The lowest BCUT2D eigenvalue weighted by molar-refractivity contribution is -0.142. The summed E-state index contributed by atoms with van der Waals surface area (Å²) in [5, 5.41) is 2.69.